The van der Waals surface area contributed by atoms with Crippen LogP contribution < -0.4 is 5.32 Å². The quantitative estimate of drug-likeness (QED) is 0.944. The zero-order valence-corrected chi connectivity index (χ0v) is 13.2. The van der Waals surface area contributed by atoms with Crippen LogP contribution in [0.5, 0.6) is 0 Å². The molecule has 2 aliphatic rings. The fraction of sp³-hybridized carbons (Fsp3) is 0.421. The van der Waals surface area contributed by atoms with Crippen molar-refractivity contribution in [2.24, 2.45) is 0 Å². The van der Waals surface area contributed by atoms with Crippen molar-refractivity contribution in [2.75, 3.05) is 13.1 Å². The summed E-state index contributed by atoms with van der Waals surface area (Å²) >= 11 is 0. The van der Waals surface area contributed by atoms with E-state index in [9.17, 15) is 4.79 Å². The second-order valence-electron chi connectivity index (χ2n) is 6.62. The number of furan rings is 1. The monoisotopic (exact) mass is 310 g/mol. The van der Waals surface area contributed by atoms with Gasteiger partial charge in [0.15, 0.2) is 0 Å². The van der Waals surface area contributed by atoms with Crippen molar-refractivity contribution in [3.63, 3.8) is 0 Å². The first-order chi connectivity index (χ1) is 11.3. The predicted molar refractivity (Wildman–Crippen MR) is 88.1 cm³/mol. The second kappa shape index (κ2) is 6.20. The van der Waals surface area contributed by atoms with E-state index in [-0.39, 0.29) is 11.8 Å². The number of amides is 1. The molecule has 3 atom stereocenters. The lowest BCUT2D eigenvalue weighted by molar-refractivity contribution is -0.132. The Hall–Kier alpha value is -2.07. The molecule has 0 saturated carbocycles. The van der Waals surface area contributed by atoms with Gasteiger partial charge in [0, 0.05) is 31.6 Å². The molecule has 23 heavy (non-hydrogen) atoms. The average molecular weight is 310 g/mol. The van der Waals surface area contributed by atoms with E-state index < -0.39 is 0 Å². The van der Waals surface area contributed by atoms with Crippen molar-refractivity contribution in [2.45, 2.75) is 37.3 Å². The normalized spacial score (nSPS) is 24.6. The van der Waals surface area contributed by atoms with Gasteiger partial charge in [-0.25, -0.2) is 0 Å². The van der Waals surface area contributed by atoms with Gasteiger partial charge in [0.1, 0.15) is 5.76 Å². The molecule has 0 aliphatic carbocycles. The first-order valence-corrected chi connectivity index (χ1v) is 8.42. The summed E-state index contributed by atoms with van der Waals surface area (Å²) in [5.41, 5.74) is 1.13. The number of nitrogens with one attached hydrogen (secondary N) is 1. The topological polar surface area (TPSA) is 45.5 Å². The van der Waals surface area contributed by atoms with E-state index in [4.69, 9.17) is 4.42 Å². The van der Waals surface area contributed by atoms with Gasteiger partial charge in [0.05, 0.1) is 12.2 Å². The van der Waals surface area contributed by atoms with E-state index >= 15 is 0 Å². The van der Waals surface area contributed by atoms with Gasteiger partial charge < -0.3 is 14.6 Å². The molecule has 3 heterocycles. The van der Waals surface area contributed by atoms with Gasteiger partial charge in [-0.3, -0.25) is 4.79 Å². The number of piperazine rings is 1. The molecule has 4 nitrogen and oxygen atoms in total. The molecule has 1 unspecified atom stereocenters. The minimum atomic E-state index is -0.00811. The zero-order valence-electron chi connectivity index (χ0n) is 13.2. The summed E-state index contributed by atoms with van der Waals surface area (Å²) in [4.78, 5) is 14.9. The Morgan fingerprint density at radius 3 is 2.52 bits per heavy atom. The molecular formula is C19H22N2O2. The van der Waals surface area contributed by atoms with Gasteiger partial charge in [-0.05, 0) is 30.5 Å². The highest BCUT2D eigenvalue weighted by atomic mass is 16.3. The van der Waals surface area contributed by atoms with E-state index in [2.05, 4.69) is 17.4 Å². The molecule has 2 aromatic rings. The van der Waals surface area contributed by atoms with Crippen LogP contribution >= 0.6 is 0 Å². The zero-order chi connectivity index (χ0) is 15.6. The van der Waals surface area contributed by atoms with Crippen molar-refractivity contribution in [1.82, 2.24) is 10.2 Å². The summed E-state index contributed by atoms with van der Waals surface area (Å²) in [7, 11) is 0. The molecule has 4 rings (SSSR count). The summed E-state index contributed by atoms with van der Waals surface area (Å²) in [5.74, 6) is 1.09. The molecule has 120 valence electrons. The fourth-order valence-electron chi connectivity index (χ4n) is 3.86. The Kier molecular flexibility index (Phi) is 3.92. The van der Waals surface area contributed by atoms with Crippen molar-refractivity contribution < 1.29 is 9.21 Å². The largest absolute Gasteiger partial charge is 0.469 e. The van der Waals surface area contributed by atoms with Crippen molar-refractivity contribution in [3.8, 4) is 0 Å². The fourth-order valence-corrected chi connectivity index (χ4v) is 3.86. The minimum Gasteiger partial charge on any atom is -0.469 e. The number of likely N-dealkylation sites (tertiary alicyclic amines) is 1. The third-order valence-corrected chi connectivity index (χ3v) is 5.04. The summed E-state index contributed by atoms with van der Waals surface area (Å²) in [5, 5.41) is 3.58. The van der Waals surface area contributed by atoms with Crippen LogP contribution in [0.2, 0.25) is 0 Å². The van der Waals surface area contributed by atoms with Gasteiger partial charge >= 0.3 is 0 Å². The first-order valence-electron chi connectivity index (χ1n) is 8.42. The maximum atomic E-state index is 12.9. The smallest absolute Gasteiger partial charge is 0.223 e. The molecule has 1 aromatic carbocycles. The Morgan fingerprint density at radius 2 is 1.87 bits per heavy atom. The second-order valence-corrected chi connectivity index (χ2v) is 6.62. The highest BCUT2D eigenvalue weighted by Crippen LogP contribution is 2.30. The number of nitrogens with zero attached hydrogens (tertiary/aromatic N) is 1. The van der Waals surface area contributed by atoms with E-state index in [0.717, 1.165) is 24.4 Å². The lowest BCUT2D eigenvalue weighted by Crippen LogP contribution is -2.53. The highest BCUT2D eigenvalue weighted by molar-refractivity contribution is 5.78. The lowest BCUT2D eigenvalue weighted by atomic mass is 9.92. The average Bonchev–Trinajstić information content (AvgIpc) is 3.23. The molecule has 0 radical (unpaired) electrons. The van der Waals surface area contributed by atoms with Crippen molar-refractivity contribution in [3.05, 3.63) is 60.1 Å². The standard InChI is InChI=1S/C19H22N2O2/c22-19(21-12-15-8-9-16(13-21)20-15)11-17(18-7-4-10-23-18)14-5-2-1-3-6-14/h1-7,10,15-17,20H,8-9,11-13H2/t15-,16+,17?. The molecule has 2 aliphatic heterocycles. The summed E-state index contributed by atoms with van der Waals surface area (Å²) in [6.45, 7) is 1.68. The first kappa shape index (κ1) is 14.5. The van der Waals surface area contributed by atoms with Crippen LogP contribution in [-0.2, 0) is 4.79 Å². The Labute approximate surface area is 136 Å². The number of carbonyl (C=O) groups is 1. The molecule has 2 fully saturated rings. The molecule has 2 bridgehead atoms. The lowest BCUT2D eigenvalue weighted by Gasteiger charge is -2.33. The van der Waals surface area contributed by atoms with Crippen LogP contribution in [0.15, 0.2) is 53.1 Å². The number of hydrogen-bond acceptors (Lipinski definition) is 3. The molecule has 1 N–H and O–H groups in total. The molecular weight excluding hydrogens is 288 g/mol. The Morgan fingerprint density at radius 1 is 1.13 bits per heavy atom. The van der Waals surface area contributed by atoms with Gasteiger partial charge in [0.2, 0.25) is 5.91 Å². The van der Waals surface area contributed by atoms with Crippen LogP contribution in [0, 0.1) is 0 Å². The van der Waals surface area contributed by atoms with Crippen LogP contribution in [0.1, 0.15) is 36.5 Å². The van der Waals surface area contributed by atoms with Crippen LogP contribution in [-0.4, -0.2) is 36.0 Å². The molecule has 4 heteroatoms. The van der Waals surface area contributed by atoms with E-state index in [1.807, 2.05) is 35.2 Å². The third kappa shape index (κ3) is 3.04. The predicted octanol–water partition coefficient (Wildman–Crippen LogP) is 2.76. The van der Waals surface area contributed by atoms with Gasteiger partial charge in [-0.2, -0.15) is 0 Å². The van der Waals surface area contributed by atoms with Gasteiger partial charge in [-0.15, -0.1) is 0 Å². The van der Waals surface area contributed by atoms with Crippen LogP contribution in [0.4, 0.5) is 0 Å². The third-order valence-electron chi connectivity index (χ3n) is 5.04. The molecule has 0 spiro atoms. The minimum absolute atomic E-state index is 0.00811. The maximum absolute atomic E-state index is 12.9. The molecule has 2 saturated heterocycles. The van der Waals surface area contributed by atoms with Gasteiger partial charge in [-0.1, -0.05) is 30.3 Å². The Bertz CT molecular complexity index is 641. The van der Waals surface area contributed by atoms with Crippen molar-refractivity contribution >= 4 is 5.91 Å². The number of carbonyl (C=O) groups excluding carboxylic acids is 1. The van der Waals surface area contributed by atoms with Crippen molar-refractivity contribution in [1.29, 1.82) is 0 Å². The SMILES string of the molecule is O=C(CC(c1ccccc1)c1ccco1)N1C[C@H]2CC[C@@H](C1)N2. The van der Waals surface area contributed by atoms with E-state index in [1.165, 1.54) is 12.8 Å². The van der Waals surface area contributed by atoms with Crippen LogP contribution in [0.25, 0.3) is 0 Å². The summed E-state index contributed by atoms with van der Waals surface area (Å²) in [6, 6.07) is 15.0. The van der Waals surface area contributed by atoms with Crippen LogP contribution in [0.3, 0.4) is 0 Å². The number of fused-ring (bicyclic) bond motifs is 2. The van der Waals surface area contributed by atoms with E-state index in [0.29, 0.717) is 18.5 Å². The van der Waals surface area contributed by atoms with E-state index in [1.54, 1.807) is 6.26 Å². The Balaban J connectivity index is 1.52. The number of rotatable bonds is 4. The number of benzene rings is 1. The summed E-state index contributed by atoms with van der Waals surface area (Å²) in [6.07, 6.45) is 4.53. The maximum Gasteiger partial charge on any atom is 0.223 e. The summed E-state index contributed by atoms with van der Waals surface area (Å²) < 4.78 is 5.61. The molecule has 1 aromatic heterocycles. The van der Waals surface area contributed by atoms with Gasteiger partial charge in [0.25, 0.3) is 0 Å². The molecule has 1 amide bonds. The number of hydrogen-bond donors (Lipinski definition) is 1. The highest BCUT2D eigenvalue weighted by Gasteiger charge is 2.35.